The molecule has 0 saturated carbocycles. The van der Waals surface area contributed by atoms with Crippen LogP contribution in [0.2, 0.25) is 0 Å². The van der Waals surface area contributed by atoms with E-state index in [0.717, 1.165) is 17.8 Å². The molecule has 3 aromatic rings. The Morgan fingerprint density at radius 3 is 2.79 bits per heavy atom. The summed E-state index contributed by atoms with van der Waals surface area (Å²) in [5.41, 5.74) is 2.26. The van der Waals surface area contributed by atoms with E-state index in [1.807, 2.05) is 32.3 Å². The first kappa shape index (κ1) is 18.5. The molecule has 2 aliphatic rings. The maximum absolute atomic E-state index is 14.1. The zero-order chi connectivity index (χ0) is 20.1. The molecule has 2 saturated heterocycles. The molecule has 2 aromatic heterocycles. The number of ether oxygens (including phenoxy) is 1. The SMILES string of the molecule is Cc1ccn(-c2ccc(-c3nnc(OC4CC5CC(F)C(C4)N5C)s3)c(O)c2)n1. The molecule has 9 heteroatoms. The molecule has 0 aliphatic carbocycles. The van der Waals surface area contributed by atoms with E-state index < -0.39 is 6.17 Å². The van der Waals surface area contributed by atoms with Crippen molar-refractivity contribution in [2.45, 2.75) is 50.5 Å². The van der Waals surface area contributed by atoms with Crippen molar-refractivity contribution >= 4 is 11.3 Å². The van der Waals surface area contributed by atoms with Crippen LogP contribution in [0.15, 0.2) is 30.5 Å². The number of rotatable bonds is 4. The molecular weight excluding hydrogens is 393 g/mol. The van der Waals surface area contributed by atoms with Gasteiger partial charge in [-0.25, -0.2) is 9.07 Å². The van der Waals surface area contributed by atoms with Crippen molar-refractivity contribution < 1.29 is 14.2 Å². The Labute approximate surface area is 171 Å². The number of hydrogen-bond donors (Lipinski definition) is 1. The number of nitrogens with zero attached hydrogens (tertiary/aromatic N) is 5. The maximum Gasteiger partial charge on any atom is 0.294 e. The molecule has 0 radical (unpaired) electrons. The number of aryl methyl sites for hydroxylation is 1. The van der Waals surface area contributed by atoms with E-state index in [9.17, 15) is 9.50 Å². The van der Waals surface area contributed by atoms with Crippen LogP contribution in [-0.4, -0.2) is 61.4 Å². The summed E-state index contributed by atoms with van der Waals surface area (Å²) in [6, 6.07) is 7.38. The highest BCUT2D eigenvalue weighted by atomic mass is 32.1. The average Bonchev–Trinajstić information content (AvgIpc) is 3.35. The van der Waals surface area contributed by atoms with Gasteiger partial charge in [0.15, 0.2) is 5.01 Å². The molecule has 2 bridgehead atoms. The van der Waals surface area contributed by atoms with Crippen molar-refractivity contribution in [2.24, 2.45) is 0 Å². The molecule has 2 aliphatic heterocycles. The van der Waals surface area contributed by atoms with Gasteiger partial charge < -0.3 is 9.84 Å². The van der Waals surface area contributed by atoms with Crippen LogP contribution in [0.3, 0.4) is 0 Å². The number of aromatic nitrogens is 4. The number of halogens is 1. The van der Waals surface area contributed by atoms with Crippen molar-refractivity contribution in [3.8, 4) is 27.2 Å². The van der Waals surface area contributed by atoms with Gasteiger partial charge in [0.25, 0.3) is 5.19 Å². The van der Waals surface area contributed by atoms with E-state index in [1.165, 1.54) is 11.3 Å². The molecule has 1 N–H and O–H groups in total. The molecular formula is C20H22FN5O2S. The van der Waals surface area contributed by atoms with Gasteiger partial charge >= 0.3 is 0 Å². The number of hydrogen-bond acceptors (Lipinski definition) is 7. The first-order chi connectivity index (χ1) is 14.0. The third-order valence-corrected chi connectivity index (χ3v) is 6.77. The highest BCUT2D eigenvalue weighted by Crippen LogP contribution is 2.39. The predicted octanol–water partition coefficient (Wildman–Crippen LogP) is 3.36. The highest BCUT2D eigenvalue weighted by molar-refractivity contribution is 7.16. The smallest absolute Gasteiger partial charge is 0.294 e. The second-order valence-electron chi connectivity index (χ2n) is 7.83. The lowest BCUT2D eigenvalue weighted by molar-refractivity contribution is 0.0548. The van der Waals surface area contributed by atoms with Crippen molar-refractivity contribution in [3.63, 3.8) is 0 Å². The molecule has 4 unspecified atom stereocenters. The minimum atomic E-state index is -0.780. The number of fused-ring (bicyclic) bond motifs is 2. The van der Waals surface area contributed by atoms with Gasteiger partial charge in [0.2, 0.25) is 0 Å². The molecule has 4 heterocycles. The van der Waals surface area contributed by atoms with E-state index in [4.69, 9.17) is 4.74 Å². The second-order valence-corrected chi connectivity index (χ2v) is 8.77. The zero-order valence-corrected chi connectivity index (χ0v) is 17.0. The van der Waals surface area contributed by atoms with Crippen molar-refractivity contribution in [1.82, 2.24) is 24.9 Å². The quantitative estimate of drug-likeness (QED) is 0.704. The number of aromatic hydroxyl groups is 1. The fourth-order valence-electron chi connectivity index (χ4n) is 4.36. The van der Waals surface area contributed by atoms with Crippen LogP contribution in [-0.2, 0) is 0 Å². The first-order valence-corrected chi connectivity index (χ1v) is 10.5. The molecule has 4 atom stereocenters. The Morgan fingerprint density at radius 1 is 1.21 bits per heavy atom. The van der Waals surface area contributed by atoms with Gasteiger partial charge in [0, 0.05) is 37.2 Å². The van der Waals surface area contributed by atoms with Crippen LogP contribution in [0.5, 0.6) is 10.9 Å². The minimum absolute atomic E-state index is 0.0539. The van der Waals surface area contributed by atoms with E-state index >= 15 is 0 Å². The number of alkyl halides is 1. The van der Waals surface area contributed by atoms with Crippen LogP contribution in [0.1, 0.15) is 25.0 Å². The lowest BCUT2D eigenvalue weighted by atomic mass is 10.0. The third-order valence-electron chi connectivity index (χ3n) is 5.93. The van der Waals surface area contributed by atoms with Crippen LogP contribution >= 0.6 is 11.3 Å². The largest absolute Gasteiger partial charge is 0.507 e. The third kappa shape index (κ3) is 3.38. The molecule has 152 valence electrons. The maximum atomic E-state index is 14.1. The predicted molar refractivity (Wildman–Crippen MR) is 107 cm³/mol. The zero-order valence-electron chi connectivity index (χ0n) is 16.2. The Balaban J connectivity index is 1.31. The Kier molecular flexibility index (Phi) is 4.51. The summed E-state index contributed by atoms with van der Waals surface area (Å²) in [7, 11) is 1.99. The van der Waals surface area contributed by atoms with Crippen molar-refractivity contribution in [3.05, 3.63) is 36.2 Å². The van der Waals surface area contributed by atoms with Crippen molar-refractivity contribution in [1.29, 1.82) is 0 Å². The molecule has 1 aromatic carbocycles. The summed E-state index contributed by atoms with van der Waals surface area (Å²) in [6.07, 6.45) is 3.05. The fraction of sp³-hybridized carbons (Fsp3) is 0.450. The van der Waals surface area contributed by atoms with Gasteiger partial charge in [0.05, 0.1) is 16.9 Å². The average molecular weight is 415 g/mol. The lowest BCUT2D eigenvalue weighted by Gasteiger charge is -2.35. The fourth-order valence-corrected chi connectivity index (χ4v) is 5.16. The molecule has 29 heavy (non-hydrogen) atoms. The Morgan fingerprint density at radius 2 is 2.07 bits per heavy atom. The van der Waals surface area contributed by atoms with Crippen LogP contribution in [0.4, 0.5) is 4.39 Å². The minimum Gasteiger partial charge on any atom is -0.507 e. The van der Waals surface area contributed by atoms with Gasteiger partial charge in [-0.15, -0.1) is 5.10 Å². The summed E-state index contributed by atoms with van der Waals surface area (Å²) >= 11 is 1.29. The van der Waals surface area contributed by atoms with Gasteiger partial charge in [0.1, 0.15) is 18.0 Å². The molecule has 0 spiro atoms. The van der Waals surface area contributed by atoms with Gasteiger partial charge in [-0.1, -0.05) is 16.4 Å². The topological polar surface area (TPSA) is 76.3 Å². The standard InChI is InChI=1S/C20H22FN5O2S/c1-11-5-6-26(24-11)12-3-4-15(18(27)9-12)19-22-23-20(29-19)28-14-7-13-8-16(21)17(10-14)25(13)2/h3-6,9,13-14,16-17,27H,7-8,10H2,1-2H3. The number of phenolic OH excluding ortho intramolecular Hbond substituents is 1. The Hall–Kier alpha value is -2.52. The summed E-state index contributed by atoms with van der Waals surface area (Å²) in [6.45, 7) is 1.91. The van der Waals surface area contributed by atoms with E-state index in [0.29, 0.717) is 28.6 Å². The van der Waals surface area contributed by atoms with Gasteiger partial charge in [-0.3, -0.25) is 4.90 Å². The molecule has 2 fully saturated rings. The summed E-state index contributed by atoms with van der Waals surface area (Å²) < 4.78 is 21.8. The van der Waals surface area contributed by atoms with Crippen LogP contribution in [0.25, 0.3) is 16.3 Å². The van der Waals surface area contributed by atoms with Crippen molar-refractivity contribution in [2.75, 3.05) is 7.05 Å². The Bertz CT molecular complexity index is 1040. The second kappa shape index (κ2) is 7.07. The van der Waals surface area contributed by atoms with E-state index in [-0.39, 0.29) is 23.9 Å². The van der Waals surface area contributed by atoms with Crippen LogP contribution < -0.4 is 4.74 Å². The van der Waals surface area contributed by atoms with E-state index in [1.54, 1.807) is 16.8 Å². The molecule has 5 rings (SSSR count). The highest BCUT2D eigenvalue weighted by Gasteiger charge is 2.46. The normalized spacial score (nSPS) is 26.7. The van der Waals surface area contributed by atoms with Gasteiger partial charge in [-0.2, -0.15) is 5.10 Å². The molecule has 0 amide bonds. The summed E-state index contributed by atoms with van der Waals surface area (Å²) in [4.78, 5) is 2.14. The number of piperidine rings is 1. The number of benzene rings is 1. The van der Waals surface area contributed by atoms with Gasteiger partial charge in [-0.05, 0) is 38.6 Å². The summed E-state index contributed by atoms with van der Waals surface area (Å²) in [5, 5.41) is 24.2. The lowest BCUT2D eigenvalue weighted by Crippen LogP contribution is -2.45. The number of phenols is 1. The summed E-state index contributed by atoms with van der Waals surface area (Å²) in [5.74, 6) is 0.107. The molecule has 7 nitrogen and oxygen atoms in total. The van der Waals surface area contributed by atoms with Crippen LogP contribution in [0, 0.1) is 6.92 Å². The van der Waals surface area contributed by atoms with E-state index in [2.05, 4.69) is 20.2 Å². The first-order valence-electron chi connectivity index (χ1n) is 9.70. The monoisotopic (exact) mass is 415 g/mol.